The Morgan fingerprint density at radius 1 is 1.04 bits per heavy atom. The average molecular weight is 758 g/mol. The molecule has 12 nitrogen and oxygen atoms in total. The molecule has 4 unspecified atom stereocenters. The fourth-order valence-corrected chi connectivity index (χ4v) is 7.33. The predicted octanol–water partition coefficient (Wildman–Crippen LogP) is 7.40. The highest BCUT2D eigenvalue weighted by atomic mass is 16.7. The Morgan fingerprint density at radius 2 is 1.74 bits per heavy atom. The highest BCUT2D eigenvalue weighted by Gasteiger charge is 2.45. The molecule has 4 atom stereocenters. The smallest absolute Gasteiger partial charge is 0.410 e. The van der Waals surface area contributed by atoms with Crippen molar-refractivity contribution in [3.63, 3.8) is 0 Å². The van der Waals surface area contributed by atoms with Gasteiger partial charge in [0.25, 0.3) is 5.91 Å². The molecule has 3 fully saturated rings. The minimum absolute atomic E-state index is 0.00474. The molecule has 0 spiro atoms. The second kappa shape index (κ2) is 19.1. The average Bonchev–Trinajstić information content (AvgIpc) is 3.94. The largest absolute Gasteiger partial charge is 0.476 e. The van der Waals surface area contributed by atoms with Gasteiger partial charge in [-0.05, 0) is 123 Å². The zero-order valence-corrected chi connectivity index (χ0v) is 34.6. The van der Waals surface area contributed by atoms with Crippen LogP contribution in [0.4, 0.5) is 16.2 Å². The summed E-state index contributed by atoms with van der Waals surface area (Å²) < 4.78 is 28.6. The van der Waals surface area contributed by atoms with Crippen molar-refractivity contribution in [1.29, 1.82) is 0 Å². The minimum atomic E-state index is -1.06. The minimum Gasteiger partial charge on any atom is -0.476 e. The Morgan fingerprint density at radius 3 is 2.33 bits per heavy atom. The molecule has 1 aliphatic carbocycles. The number of amides is 3. The molecule has 12 heteroatoms. The van der Waals surface area contributed by atoms with Crippen LogP contribution in [0.5, 0.6) is 5.75 Å². The number of piperidine rings is 1. The number of hydrogen-bond acceptors (Lipinski definition) is 9. The van der Waals surface area contributed by atoms with E-state index in [4.69, 9.17) is 23.7 Å². The van der Waals surface area contributed by atoms with E-state index < -0.39 is 29.1 Å². The summed E-state index contributed by atoms with van der Waals surface area (Å²) in [6.07, 6.45) is 5.46. The third kappa shape index (κ3) is 12.4. The van der Waals surface area contributed by atoms with E-state index in [-0.39, 0.29) is 43.0 Å². The number of carbonyl (C=O) groups excluding carboxylic acids is 4. The summed E-state index contributed by atoms with van der Waals surface area (Å²) in [5, 5.41) is 0. The molecule has 0 bridgehead atoms. The molecule has 54 heavy (non-hydrogen) atoms. The van der Waals surface area contributed by atoms with Crippen LogP contribution in [0.15, 0.2) is 18.2 Å². The highest BCUT2D eigenvalue weighted by Crippen LogP contribution is 2.43. The van der Waals surface area contributed by atoms with E-state index >= 15 is 0 Å². The lowest BCUT2D eigenvalue weighted by Gasteiger charge is -2.40. The Kier molecular flexibility index (Phi) is 15.4. The van der Waals surface area contributed by atoms with Gasteiger partial charge in [0.2, 0.25) is 5.91 Å². The van der Waals surface area contributed by atoms with Crippen LogP contribution in [-0.2, 0) is 33.3 Å². The first kappa shape index (κ1) is 43.5. The van der Waals surface area contributed by atoms with E-state index in [0.717, 1.165) is 57.2 Å². The van der Waals surface area contributed by atoms with Gasteiger partial charge < -0.3 is 38.4 Å². The fourth-order valence-electron chi connectivity index (χ4n) is 7.33. The number of fused-ring (bicyclic) bond motifs is 1. The molecule has 4 aliphatic rings. The van der Waals surface area contributed by atoms with Crippen LogP contribution in [0.3, 0.4) is 0 Å². The molecule has 3 amide bonds. The number of benzene rings is 1. The van der Waals surface area contributed by atoms with Gasteiger partial charge in [-0.25, -0.2) is 4.79 Å². The van der Waals surface area contributed by atoms with Crippen molar-refractivity contribution in [2.24, 2.45) is 23.7 Å². The van der Waals surface area contributed by atoms with Crippen LogP contribution < -0.4 is 14.5 Å². The van der Waals surface area contributed by atoms with Crippen molar-refractivity contribution < 1.29 is 42.9 Å². The maximum Gasteiger partial charge on any atom is 0.410 e. The van der Waals surface area contributed by atoms with Crippen LogP contribution in [0.1, 0.15) is 114 Å². The molecule has 3 heterocycles. The van der Waals surface area contributed by atoms with E-state index in [1.165, 1.54) is 18.2 Å². The summed E-state index contributed by atoms with van der Waals surface area (Å²) in [5.74, 6) is 0.669. The van der Waals surface area contributed by atoms with Gasteiger partial charge in [0.05, 0.1) is 18.2 Å². The molecule has 2 saturated heterocycles. The summed E-state index contributed by atoms with van der Waals surface area (Å²) in [6.45, 7) is 22.6. The number of nitrogens with zero attached hydrogens (tertiary/aromatic N) is 3. The molecule has 0 N–H and O–H groups in total. The lowest BCUT2D eigenvalue weighted by molar-refractivity contribution is -0.161. The first-order chi connectivity index (χ1) is 25.4. The Balaban J connectivity index is 0.000000571. The maximum atomic E-state index is 14.3. The Labute approximate surface area is 323 Å². The van der Waals surface area contributed by atoms with Gasteiger partial charge in [-0.15, -0.1) is 0 Å². The molecule has 1 aromatic rings. The zero-order chi connectivity index (χ0) is 39.8. The van der Waals surface area contributed by atoms with E-state index in [0.29, 0.717) is 43.3 Å². The normalized spacial score (nSPS) is 23.1. The topological polar surface area (TPSA) is 124 Å². The van der Waals surface area contributed by atoms with Crippen molar-refractivity contribution in [3.05, 3.63) is 18.2 Å². The van der Waals surface area contributed by atoms with Gasteiger partial charge in [0.1, 0.15) is 17.1 Å². The van der Waals surface area contributed by atoms with Crippen molar-refractivity contribution in [2.45, 2.75) is 138 Å². The molecule has 1 aromatic carbocycles. The predicted molar refractivity (Wildman–Crippen MR) is 209 cm³/mol. The lowest BCUT2D eigenvalue weighted by Crippen LogP contribution is -2.53. The van der Waals surface area contributed by atoms with Gasteiger partial charge in [0, 0.05) is 57.1 Å². The van der Waals surface area contributed by atoms with Gasteiger partial charge in [-0.3, -0.25) is 14.4 Å². The van der Waals surface area contributed by atoms with Gasteiger partial charge in [0.15, 0.2) is 11.9 Å². The van der Waals surface area contributed by atoms with Crippen LogP contribution >= 0.6 is 0 Å². The summed E-state index contributed by atoms with van der Waals surface area (Å²) in [6, 6.07) is 5.51. The highest BCUT2D eigenvalue weighted by molar-refractivity contribution is 6.04. The number of ether oxygens (including phenoxy) is 5. The van der Waals surface area contributed by atoms with Crippen LogP contribution in [0.2, 0.25) is 0 Å². The molecular weight excluding hydrogens is 690 g/mol. The number of Topliss-reactive ketones (excluding diaryl/α,β-unsaturated/α-hetero) is 1. The van der Waals surface area contributed by atoms with Gasteiger partial charge in [-0.2, -0.15) is 0 Å². The van der Waals surface area contributed by atoms with E-state index in [1.807, 2.05) is 25.1 Å². The van der Waals surface area contributed by atoms with Crippen LogP contribution in [0.25, 0.3) is 0 Å². The number of hydrogen-bond donors (Lipinski definition) is 0. The number of anilines is 2. The fraction of sp³-hybridized carbons (Fsp3) is 0.762. The van der Waals surface area contributed by atoms with E-state index in [9.17, 15) is 19.2 Å². The summed E-state index contributed by atoms with van der Waals surface area (Å²) in [7, 11) is 0. The maximum absolute atomic E-state index is 14.3. The van der Waals surface area contributed by atoms with Gasteiger partial charge in [-0.1, -0.05) is 20.8 Å². The second-order valence-electron chi connectivity index (χ2n) is 17.3. The summed E-state index contributed by atoms with van der Waals surface area (Å²) in [4.78, 5) is 58.3. The van der Waals surface area contributed by atoms with Crippen LogP contribution in [0, 0.1) is 23.7 Å². The summed E-state index contributed by atoms with van der Waals surface area (Å²) >= 11 is 0. The quantitative estimate of drug-likeness (QED) is 0.203. The first-order valence-corrected chi connectivity index (χ1v) is 20.2. The van der Waals surface area contributed by atoms with Crippen molar-refractivity contribution in [3.8, 4) is 5.75 Å². The van der Waals surface area contributed by atoms with E-state index in [2.05, 4.69) is 20.8 Å². The SMILES string of the molecule is CC(=O)C1CC(C(=O)N(c2ccc3c(c2)N(CCOC2CCCCO2)C(=O)C(C)(C)O3)C2CC2)CN(C(=O)OC(C)(C)C)C1.CCOCC(C)CC(C)C. The number of carbonyl (C=O) groups is 4. The number of likely N-dealkylation sites (tertiary alicyclic amines) is 1. The Hall–Kier alpha value is -3.22. The molecule has 0 aromatic heterocycles. The lowest BCUT2D eigenvalue weighted by atomic mass is 9.86. The molecular formula is C42H67N3O9. The monoisotopic (exact) mass is 757 g/mol. The third-order valence-electron chi connectivity index (χ3n) is 10.0. The molecule has 5 rings (SSSR count). The number of ketones is 1. The van der Waals surface area contributed by atoms with Gasteiger partial charge >= 0.3 is 6.09 Å². The second-order valence-corrected chi connectivity index (χ2v) is 17.3. The van der Waals surface area contributed by atoms with Crippen molar-refractivity contribution in [2.75, 3.05) is 55.9 Å². The number of rotatable bonds is 13. The van der Waals surface area contributed by atoms with Crippen molar-refractivity contribution >= 4 is 35.1 Å². The molecule has 304 valence electrons. The van der Waals surface area contributed by atoms with E-state index in [1.54, 1.807) is 44.4 Å². The summed E-state index contributed by atoms with van der Waals surface area (Å²) in [5.41, 5.74) is -0.518. The Bertz CT molecular complexity index is 1430. The molecule has 3 aliphatic heterocycles. The first-order valence-electron chi connectivity index (χ1n) is 20.2. The van der Waals surface area contributed by atoms with Crippen molar-refractivity contribution in [1.82, 2.24) is 4.90 Å². The standard InChI is InChI=1S/C33H47N3O8.C9H20O/c1-21(37)22-17-23(20-34(19-22)31(40)44-32(2,3)4)29(38)36(24-10-11-24)25-12-13-27-26(18-25)35(30(39)33(5,6)43-27)14-16-42-28-9-7-8-15-41-28;1-5-10-7-9(4)6-8(2)3/h12-13,18,22-24,28H,7-11,14-17,19-20H2,1-6H3;8-9H,5-7H2,1-4H3. The third-order valence-corrected chi connectivity index (χ3v) is 10.0. The zero-order valence-electron chi connectivity index (χ0n) is 34.6. The molecule has 1 saturated carbocycles. The van der Waals surface area contributed by atoms with Crippen LogP contribution in [-0.4, -0.2) is 98.2 Å². The molecule has 0 radical (unpaired) electrons.